The Labute approximate surface area is 202 Å². The van der Waals surface area contributed by atoms with Gasteiger partial charge in [0.1, 0.15) is 5.82 Å². The lowest BCUT2D eigenvalue weighted by molar-refractivity contribution is 0.241. The highest BCUT2D eigenvalue weighted by Gasteiger charge is 2.23. The van der Waals surface area contributed by atoms with Crippen molar-refractivity contribution in [3.63, 3.8) is 0 Å². The van der Waals surface area contributed by atoms with Crippen molar-refractivity contribution in [1.29, 1.82) is 0 Å². The fraction of sp³-hybridized carbons (Fsp3) is 0.320. The third-order valence-corrected chi connectivity index (χ3v) is 6.76. The van der Waals surface area contributed by atoms with Gasteiger partial charge < -0.3 is 9.47 Å². The Bertz CT molecular complexity index is 1450. The lowest BCUT2D eigenvalue weighted by Crippen LogP contribution is -2.46. The van der Waals surface area contributed by atoms with E-state index < -0.39 is 0 Å². The van der Waals surface area contributed by atoms with Crippen molar-refractivity contribution in [3.05, 3.63) is 91.8 Å². The second-order valence-electron chi connectivity index (χ2n) is 8.72. The minimum absolute atomic E-state index is 0.321. The summed E-state index contributed by atoms with van der Waals surface area (Å²) in [6.45, 7) is 4.58. The number of piperazine rings is 1. The van der Waals surface area contributed by atoms with Crippen LogP contribution in [0.3, 0.4) is 0 Å². The average Bonchev–Trinajstić information content (AvgIpc) is 3.20. The number of benzene rings is 2. The van der Waals surface area contributed by atoms with Gasteiger partial charge in [0, 0.05) is 57.5 Å². The number of hydrogen-bond donors (Lipinski definition) is 0. The molecule has 8 nitrogen and oxygen atoms in total. The average molecular weight is 479 g/mol. The maximum atomic E-state index is 13.1. The summed E-state index contributed by atoms with van der Waals surface area (Å²) in [5.41, 5.74) is 2.39. The van der Waals surface area contributed by atoms with E-state index in [9.17, 15) is 9.59 Å². The molecule has 5 rings (SSSR count). The van der Waals surface area contributed by atoms with Crippen molar-refractivity contribution in [2.24, 2.45) is 14.1 Å². The van der Waals surface area contributed by atoms with Crippen LogP contribution < -0.4 is 16.1 Å². The lowest BCUT2D eigenvalue weighted by atomic mass is 10.2. The predicted molar refractivity (Wildman–Crippen MR) is 135 cm³/mol. The molecule has 176 valence electrons. The van der Waals surface area contributed by atoms with Gasteiger partial charge in [0.2, 0.25) is 0 Å². The van der Waals surface area contributed by atoms with Crippen LogP contribution in [-0.2, 0) is 27.2 Å². The molecule has 34 heavy (non-hydrogen) atoms. The SMILES string of the molecule is Cn1c(=O)c2c(nc(CN3CCN(c4cccc(Cl)c4)CC3)n2Cc2ccccc2)n(C)c1=O. The van der Waals surface area contributed by atoms with E-state index in [1.807, 2.05) is 53.1 Å². The highest BCUT2D eigenvalue weighted by atomic mass is 35.5. The molecule has 0 spiro atoms. The van der Waals surface area contributed by atoms with Gasteiger partial charge in [0.25, 0.3) is 5.56 Å². The van der Waals surface area contributed by atoms with Gasteiger partial charge >= 0.3 is 5.69 Å². The van der Waals surface area contributed by atoms with Gasteiger partial charge in [0.05, 0.1) is 6.54 Å². The Balaban J connectivity index is 1.46. The van der Waals surface area contributed by atoms with Crippen molar-refractivity contribution in [2.75, 3.05) is 31.1 Å². The summed E-state index contributed by atoms with van der Waals surface area (Å²) in [5, 5.41) is 0.738. The molecule has 1 fully saturated rings. The van der Waals surface area contributed by atoms with E-state index in [2.05, 4.69) is 15.9 Å². The standard InChI is InChI=1S/C25H27ClN6O2/c1-28-23-22(24(33)29(2)25(28)34)32(16-18-7-4-3-5-8-18)21(27-23)17-30-11-13-31(14-12-30)20-10-6-9-19(26)15-20/h3-10,15H,11-14,16-17H2,1-2H3. The highest BCUT2D eigenvalue weighted by Crippen LogP contribution is 2.22. The Hall–Kier alpha value is -3.36. The number of imidazole rings is 1. The van der Waals surface area contributed by atoms with Crippen LogP contribution in [0.2, 0.25) is 5.02 Å². The Morgan fingerprint density at radius 3 is 2.32 bits per heavy atom. The van der Waals surface area contributed by atoms with E-state index in [1.165, 1.54) is 11.6 Å². The molecule has 0 saturated carbocycles. The first-order valence-electron chi connectivity index (χ1n) is 11.3. The monoisotopic (exact) mass is 478 g/mol. The maximum absolute atomic E-state index is 13.1. The van der Waals surface area contributed by atoms with Crippen molar-refractivity contribution in [3.8, 4) is 0 Å². The number of rotatable bonds is 5. The Kier molecular flexibility index (Phi) is 6.02. The van der Waals surface area contributed by atoms with E-state index in [4.69, 9.17) is 16.6 Å². The first kappa shape index (κ1) is 22.4. The second-order valence-corrected chi connectivity index (χ2v) is 9.16. The summed E-state index contributed by atoms with van der Waals surface area (Å²) < 4.78 is 4.58. The van der Waals surface area contributed by atoms with E-state index in [0.29, 0.717) is 24.3 Å². The molecule has 9 heteroatoms. The third kappa shape index (κ3) is 4.15. The fourth-order valence-electron chi connectivity index (χ4n) is 4.59. The minimum Gasteiger partial charge on any atom is -0.369 e. The normalized spacial score (nSPS) is 14.7. The quantitative estimate of drug-likeness (QED) is 0.441. The van der Waals surface area contributed by atoms with Crippen molar-refractivity contribution < 1.29 is 0 Å². The van der Waals surface area contributed by atoms with Gasteiger partial charge in [-0.1, -0.05) is 48.0 Å². The lowest BCUT2D eigenvalue weighted by Gasteiger charge is -2.36. The van der Waals surface area contributed by atoms with Gasteiger partial charge in [-0.15, -0.1) is 0 Å². The number of halogens is 1. The molecule has 0 amide bonds. The third-order valence-electron chi connectivity index (χ3n) is 6.52. The number of anilines is 1. The molecule has 4 aromatic rings. The summed E-state index contributed by atoms with van der Waals surface area (Å²) >= 11 is 6.17. The summed E-state index contributed by atoms with van der Waals surface area (Å²) in [6.07, 6.45) is 0. The first-order valence-corrected chi connectivity index (χ1v) is 11.7. The van der Waals surface area contributed by atoms with E-state index in [1.54, 1.807) is 7.05 Å². The fourth-order valence-corrected chi connectivity index (χ4v) is 4.77. The van der Waals surface area contributed by atoms with Crippen molar-refractivity contribution in [2.45, 2.75) is 13.1 Å². The predicted octanol–water partition coefficient (Wildman–Crippen LogP) is 2.46. The van der Waals surface area contributed by atoms with E-state index in [-0.39, 0.29) is 11.2 Å². The maximum Gasteiger partial charge on any atom is 0.332 e. The van der Waals surface area contributed by atoms with Crippen LogP contribution in [0.4, 0.5) is 5.69 Å². The molecule has 0 N–H and O–H groups in total. The van der Waals surface area contributed by atoms with Crippen molar-refractivity contribution >= 4 is 28.5 Å². The smallest absolute Gasteiger partial charge is 0.332 e. The molecule has 1 aliphatic heterocycles. The Morgan fingerprint density at radius 2 is 1.62 bits per heavy atom. The molecular weight excluding hydrogens is 452 g/mol. The van der Waals surface area contributed by atoms with Crippen LogP contribution in [-0.4, -0.2) is 49.8 Å². The zero-order valence-electron chi connectivity index (χ0n) is 19.3. The Morgan fingerprint density at radius 1 is 0.882 bits per heavy atom. The topological polar surface area (TPSA) is 68.3 Å². The molecule has 3 heterocycles. The summed E-state index contributed by atoms with van der Waals surface area (Å²) in [4.78, 5) is 35.1. The molecule has 0 radical (unpaired) electrons. The highest BCUT2D eigenvalue weighted by molar-refractivity contribution is 6.30. The van der Waals surface area contributed by atoms with Crippen LogP contribution in [0.15, 0.2) is 64.2 Å². The molecule has 0 aliphatic carbocycles. The molecule has 2 aromatic carbocycles. The van der Waals surface area contributed by atoms with E-state index in [0.717, 1.165) is 52.8 Å². The molecule has 0 atom stereocenters. The van der Waals surface area contributed by atoms with E-state index >= 15 is 0 Å². The second kappa shape index (κ2) is 9.12. The molecule has 2 aromatic heterocycles. The van der Waals surface area contributed by atoms with Gasteiger partial charge in [0.15, 0.2) is 11.2 Å². The van der Waals surface area contributed by atoms with Gasteiger partial charge in [-0.3, -0.25) is 18.8 Å². The zero-order chi connectivity index (χ0) is 23.8. The summed E-state index contributed by atoms with van der Waals surface area (Å²) in [7, 11) is 3.18. The zero-order valence-corrected chi connectivity index (χ0v) is 20.1. The van der Waals surface area contributed by atoms with Crippen LogP contribution in [0, 0.1) is 0 Å². The van der Waals surface area contributed by atoms with Crippen LogP contribution in [0.5, 0.6) is 0 Å². The van der Waals surface area contributed by atoms with Gasteiger partial charge in [-0.2, -0.15) is 0 Å². The number of aromatic nitrogens is 4. The molecular formula is C25H27ClN6O2. The van der Waals surface area contributed by atoms with Crippen LogP contribution in [0.1, 0.15) is 11.4 Å². The molecule has 0 bridgehead atoms. The number of fused-ring (bicyclic) bond motifs is 1. The van der Waals surface area contributed by atoms with Crippen LogP contribution in [0.25, 0.3) is 11.2 Å². The van der Waals surface area contributed by atoms with Gasteiger partial charge in [-0.25, -0.2) is 9.78 Å². The largest absolute Gasteiger partial charge is 0.369 e. The first-order chi connectivity index (χ1) is 16.4. The summed E-state index contributed by atoms with van der Waals surface area (Å²) in [6, 6.07) is 17.9. The number of hydrogen-bond acceptors (Lipinski definition) is 5. The number of aryl methyl sites for hydroxylation is 1. The van der Waals surface area contributed by atoms with Gasteiger partial charge in [-0.05, 0) is 23.8 Å². The minimum atomic E-state index is -0.372. The number of nitrogens with zero attached hydrogens (tertiary/aromatic N) is 6. The molecule has 1 aliphatic rings. The molecule has 0 unspecified atom stereocenters. The molecule has 1 saturated heterocycles. The van der Waals surface area contributed by atoms with Crippen LogP contribution >= 0.6 is 11.6 Å². The van der Waals surface area contributed by atoms with Crippen molar-refractivity contribution in [1.82, 2.24) is 23.6 Å². The summed E-state index contributed by atoms with van der Waals surface area (Å²) in [5.74, 6) is 0.786.